The molecular weight excluding hydrogens is 274 g/mol. The monoisotopic (exact) mass is 297 g/mol. The minimum absolute atomic E-state index is 0.117. The molecule has 0 fully saturated rings. The van der Waals surface area contributed by atoms with Crippen LogP contribution >= 0.6 is 0 Å². The number of hydrogen-bond acceptors (Lipinski definition) is 1. The summed E-state index contributed by atoms with van der Waals surface area (Å²) < 4.78 is 31.3. The van der Waals surface area contributed by atoms with Crippen LogP contribution in [0.15, 0.2) is 18.2 Å². The van der Waals surface area contributed by atoms with Gasteiger partial charge in [0.25, 0.3) is 0 Å². The second kappa shape index (κ2) is 8.52. The lowest BCUT2D eigenvalue weighted by molar-refractivity contribution is 0.109. The quantitative estimate of drug-likeness (QED) is 0.473. The molecule has 1 aromatic carbocycles. The fourth-order valence-corrected chi connectivity index (χ4v) is 2.27. The number of halogens is 2. The topological polar surface area (TPSA) is 9.23 Å². The van der Waals surface area contributed by atoms with Crippen LogP contribution in [0.25, 0.3) is 0 Å². The molecular formula is C16H23F2OSi. The van der Waals surface area contributed by atoms with Gasteiger partial charge in [-0.3, -0.25) is 0 Å². The van der Waals surface area contributed by atoms with E-state index < -0.39 is 11.6 Å². The summed E-state index contributed by atoms with van der Waals surface area (Å²) in [5.74, 6) is -0.941. The maximum absolute atomic E-state index is 13.4. The molecule has 111 valence electrons. The fourth-order valence-electron chi connectivity index (χ4n) is 2.17. The van der Waals surface area contributed by atoms with Gasteiger partial charge in [0.15, 0.2) is 0 Å². The summed E-state index contributed by atoms with van der Waals surface area (Å²) in [6, 6.07) is 3.82. The van der Waals surface area contributed by atoms with Crippen LogP contribution in [0.5, 0.6) is 0 Å². The van der Waals surface area contributed by atoms with E-state index in [1.807, 2.05) is 0 Å². The molecule has 1 nitrogen and oxygen atoms in total. The molecule has 0 unspecified atom stereocenters. The van der Waals surface area contributed by atoms with Gasteiger partial charge >= 0.3 is 0 Å². The average molecular weight is 297 g/mol. The van der Waals surface area contributed by atoms with Crippen molar-refractivity contribution in [2.45, 2.75) is 64.4 Å². The van der Waals surface area contributed by atoms with Crippen molar-refractivity contribution in [3.63, 3.8) is 0 Å². The van der Waals surface area contributed by atoms with E-state index in [-0.39, 0.29) is 5.60 Å². The van der Waals surface area contributed by atoms with Gasteiger partial charge in [0.1, 0.15) is 11.6 Å². The van der Waals surface area contributed by atoms with Gasteiger partial charge in [0.05, 0.1) is 0 Å². The molecule has 3 radical (unpaired) electrons. The summed E-state index contributed by atoms with van der Waals surface area (Å²) in [5, 5.41) is 0. The highest BCUT2D eigenvalue weighted by Gasteiger charge is 2.14. The third kappa shape index (κ3) is 6.62. The Kier molecular flexibility index (Phi) is 7.38. The molecule has 1 rings (SSSR count). The van der Waals surface area contributed by atoms with E-state index in [0.717, 1.165) is 44.6 Å². The van der Waals surface area contributed by atoms with Crippen molar-refractivity contribution in [1.29, 1.82) is 0 Å². The molecule has 20 heavy (non-hydrogen) atoms. The number of rotatable bonds is 9. The Hall–Kier alpha value is -0.743. The summed E-state index contributed by atoms with van der Waals surface area (Å²) in [6.45, 7) is 4.11. The Morgan fingerprint density at radius 1 is 1.05 bits per heavy atom. The first kappa shape index (κ1) is 17.3. The molecule has 0 amide bonds. The Balaban J connectivity index is 2.10. The lowest BCUT2D eigenvalue weighted by Crippen LogP contribution is -2.22. The van der Waals surface area contributed by atoms with Crippen molar-refractivity contribution in [3.8, 4) is 0 Å². The summed E-state index contributed by atoms with van der Waals surface area (Å²) in [5.41, 5.74) is 0.494. The zero-order valence-electron chi connectivity index (χ0n) is 12.3. The van der Waals surface area contributed by atoms with Gasteiger partial charge < -0.3 is 4.43 Å². The smallest absolute Gasteiger partial charge is 0.246 e. The minimum atomic E-state index is -0.511. The molecule has 0 aromatic heterocycles. The average Bonchev–Trinajstić information content (AvgIpc) is 2.40. The second-order valence-electron chi connectivity index (χ2n) is 5.87. The standard InChI is InChI=1S/C16H23F2OSi/c1-16(2,19-20)11-7-5-3-4-6-8-13-9-10-14(17)12-15(13)18/h9-10,12H,3-8,11H2,1-2H3. The molecule has 0 atom stereocenters. The van der Waals surface area contributed by atoms with Crippen molar-refractivity contribution in [3.05, 3.63) is 35.4 Å². The Labute approximate surface area is 124 Å². The maximum atomic E-state index is 13.4. The van der Waals surface area contributed by atoms with Gasteiger partial charge in [0.2, 0.25) is 10.5 Å². The second-order valence-corrected chi connectivity index (χ2v) is 6.07. The van der Waals surface area contributed by atoms with Crippen LogP contribution in [-0.4, -0.2) is 16.1 Å². The van der Waals surface area contributed by atoms with Crippen LogP contribution in [0.1, 0.15) is 57.9 Å². The molecule has 0 N–H and O–H groups in total. The van der Waals surface area contributed by atoms with Gasteiger partial charge in [-0.2, -0.15) is 0 Å². The number of hydrogen-bond donors (Lipinski definition) is 0. The van der Waals surface area contributed by atoms with Crippen molar-refractivity contribution in [1.82, 2.24) is 0 Å². The van der Waals surface area contributed by atoms with Crippen molar-refractivity contribution in [2.75, 3.05) is 0 Å². The van der Waals surface area contributed by atoms with Crippen molar-refractivity contribution >= 4 is 10.5 Å². The molecule has 0 saturated carbocycles. The van der Waals surface area contributed by atoms with Crippen LogP contribution in [0.4, 0.5) is 8.78 Å². The van der Waals surface area contributed by atoms with Crippen molar-refractivity contribution in [2.24, 2.45) is 0 Å². The van der Waals surface area contributed by atoms with Crippen LogP contribution in [0.3, 0.4) is 0 Å². The molecule has 0 bridgehead atoms. The van der Waals surface area contributed by atoms with Crippen LogP contribution in [0, 0.1) is 11.6 Å². The molecule has 0 aliphatic rings. The van der Waals surface area contributed by atoms with Gasteiger partial charge in [0, 0.05) is 11.7 Å². The SMILES string of the molecule is CC(C)(CCCCCCCc1ccc(F)cc1F)O[Si]. The van der Waals surface area contributed by atoms with E-state index in [1.54, 1.807) is 6.07 Å². The summed E-state index contributed by atoms with van der Waals surface area (Å²) >= 11 is 0. The third-order valence-corrected chi connectivity index (χ3v) is 4.07. The zero-order chi connectivity index (χ0) is 15.0. The van der Waals surface area contributed by atoms with E-state index >= 15 is 0 Å². The summed E-state index contributed by atoms with van der Waals surface area (Å²) in [6.07, 6.45) is 7.14. The van der Waals surface area contributed by atoms with E-state index in [1.165, 1.54) is 6.07 Å². The normalized spacial score (nSPS) is 11.8. The van der Waals surface area contributed by atoms with Crippen molar-refractivity contribution < 1.29 is 13.2 Å². The highest BCUT2D eigenvalue weighted by molar-refractivity contribution is 5.98. The first-order chi connectivity index (χ1) is 9.44. The predicted molar refractivity (Wildman–Crippen MR) is 78.7 cm³/mol. The summed E-state index contributed by atoms with van der Waals surface area (Å²) in [7, 11) is 3.09. The lowest BCUT2D eigenvalue weighted by atomic mass is 9.99. The molecule has 0 aliphatic carbocycles. The highest BCUT2D eigenvalue weighted by Crippen LogP contribution is 2.18. The first-order valence-electron chi connectivity index (χ1n) is 7.23. The van der Waals surface area contributed by atoms with Crippen LogP contribution < -0.4 is 0 Å². The molecule has 0 aliphatic heterocycles. The largest absolute Gasteiger partial charge is 0.414 e. The number of unbranched alkanes of at least 4 members (excludes halogenated alkanes) is 4. The Bertz CT molecular complexity index is 407. The molecule has 0 saturated heterocycles. The Morgan fingerprint density at radius 2 is 1.70 bits per heavy atom. The zero-order valence-corrected chi connectivity index (χ0v) is 13.3. The highest BCUT2D eigenvalue weighted by atomic mass is 28.2. The third-order valence-electron chi connectivity index (χ3n) is 3.52. The first-order valence-corrected chi connectivity index (χ1v) is 7.64. The van der Waals surface area contributed by atoms with Gasteiger partial charge in [-0.1, -0.05) is 31.7 Å². The maximum Gasteiger partial charge on any atom is 0.246 e. The number of benzene rings is 1. The Morgan fingerprint density at radius 3 is 2.35 bits per heavy atom. The predicted octanol–water partition coefficient (Wildman–Crippen LogP) is 4.73. The van der Waals surface area contributed by atoms with E-state index in [0.29, 0.717) is 12.0 Å². The van der Waals surface area contributed by atoms with Gasteiger partial charge in [-0.05, 0) is 44.7 Å². The van der Waals surface area contributed by atoms with Gasteiger partial charge in [-0.15, -0.1) is 0 Å². The molecule has 0 heterocycles. The number of aryl methyl sites for hydroxylation is 1. The molecule has 1 aromatic rings. The molecule has 0 spiro atoms. The van der Waals surface area contributed by atoms with Crippen LogP contribution in [0.2, 0.25) is 0 Å². The van der Waals surface area contributed by atoms with E-state index in [9.17, 15) is 8.78 Å². The minimum Gasteiger partial charge on any atom is -0.414 e. The van der Waals surface area contributed by atoms with E-state index in [4.69, 9.17) is 4.43 Å². The fraction of sp³-hybridized carbons (Fsp3) is 0.625. The van der Waals surface area contributed by atoms with E-state index in [2.05, 4.69) is 24.3 Å². The summed E-state index contributed by atoms with van der Waals surface area (Å²) in [4.78, 5) is 0. The lowest BCUT2D eigenvalue weighted by Gasteiger charge is -2.22. The van der Waals surface area contributed by atoms with Gasteiger partial charge in [-0.25, -0.2) is 8.78 Å². The van der Waals surface area contributed by atoms with Crippen LogP contribution in [-0.2, 0) is 10.8 Å². The molecule has 4 heteroatoms.